The Bertz CT molecular complexity index is 528. The van der Waals surface area contributed by atoms with Crippen LogP contribution >= 0.6 is 0 Å². The van der Waals surface area contributed by atoms with Crippen LogP contribution < -0.4 is 10.1 Å². The molecule has 1 atom stereocenters. The van der Waals surface area contributed by atoms with Crippen LogP contribution in [0.1, 0.15) is 5.56 Å². The smallest absolute Gasteiger partial charge is 0.334 e. The van der Waals surface area contributed by atoms with Gasteiger partial charge in [0, 0.05) is 37.8 Å². The van der Waals surface area contributed by atoms with Crippen LogP contribution in [0.4, 0.5) is 0 Å². The SMILES string of the molecule is COC(=O)C1(N2CCNCC2)COc2cc(O)ccc21. The van der Waals surface area contributed by atoms with Crippen LogP contribution in [0.5, 0.6) is 11.5 Å². The first-order chi connectivity index (χ1) is 9.68. The van der Waals surface area contributed by atoms with E-state index in [1.54, 1.807) is 18.2 Å². The third-order valence-corrected chi connectivity index (χ3v) is 4.03. The van der Waals surface area contributed by atoms with E-state index in [1.807, 2.05) is 0 Å². The van der Waals surface area contributed by atoms with Crippen LogP contribution in [-0.2, 0) is 15.1 Å². The number of hydrogen-bond acceptors (Lipinski definition) is 6. The van der Waals surface area contributed by atoms with Crippen molar-refractivity contribution in [3.8, 4) is 11.5 Å². The number of phenols is 1. The van der Waals surface area contributed by atoms with Gasteiger partial charge in [0.2, 0.25) is 0 Å². The summed E-state index contributed by atoms with van der Waals surface area (Å²) in [7, 11) is 1.39. The van der Waals surface area contributed by atoms with Crippen molar-refractivity contribution in [3.63, 3.8) is 0 Å². The maximum absolute atomic E-state index is 12.5. The van der Waals surface area contributed by atoms with Gasteiger partial charge in [-0.25, -0.2) is 4.79 Å². The highest BCUT2D eigenvalue weighted by atomic mass is 16.5. The van der Waals surface area contributed by atoms with Gasteiger partial charge < -0.3 is 19.9 Å². The van der Waals surface area contributed by atoms with Gasteiger partial charge in [-0.15, -0.1) is 0 Å². The minimum atomic E-state index is -0.903. The van der Waals surface area contributed by atoms with Gasteiger partial charge in [-0.05, 0) is 12.1 Å². The predicted octanol–water partition coefficient (Wildman–Crippen LogP) is 0.0581. The molecule has 2 aliphatic rings. The first-order valence-corrected chi connectivity index (χ1v) is 6.69. The molecule has 0 aliphatic carbocycles. The number of fused-ring (bicyclic) bond motifs is 1. The average molecular weight is 278 g/mol. The lowest BCUT2D eigenvalue weighted by atomic mass is 9.89. The summed E-state index contributed by atoms with van der Waals surface area (Å²) >= 11 is 0. The van der Waals surface area contributed by atoms with Crippen LogP contribution in [0.25, 0.3) is 0 Å². The number of carbonyl (C=O) groups excluding carboxylic acids is 1. The molecule has 0 amide bonds. The van der Waals surface area contributed by atoms with E-state index in [0.717, 1.165) is 31.7 Å². The molecule has 2 heterocycles. The fourth-order valence-electron chi connectivity index (χ4n) is 3.01. The Morgan fingerprint density at radius 2 is 2.20 bits per heavy atom. The highest BCUT2D eigenvalue weighted by Gasteiger charge is 2.53. The number of carbonyl (C=O) groups is 1. The fourth-order valence-corrected chi connectivity index (χ4v) is 3.01. The Morgan fingerprint density at radius 1 is 1.45 bits per heavy atom. The number of phenolic OH excluding ortho intramolecular Hbond substituents is 1. The second-order valence-electron chi connectivity index (χ2n) is 5.06. The van der Waals surface area contributed by atoms with Gasteiger partial charge in [0.1, 0.15) is 18.1 Å². The molecular weight excluding hydrogens is 260 g/mol. The lowest BCUT2D eigenvalue weighted by Gasteiger charge is -2.40. The summed E-state index contributed by atoms with van der Waals surface area (Å²) in [4.78, 5) is 14.6. The van der Waals surface area contributed by atoms with Gasteiger partial charge in [0.25, 0.3) is 0 Å². The topological polar surface area (TPSA) is 71.0 Å². The van der Waals surface area contributed by atoms with E-state index in [9.17, 15) is 9.90 Å². The number of ether oxygens (including phenoxy) is 2. The van der Waals surface area contributed by atoms with Crippen molar-refractivity contribution in [3.05, 3.63) is 23.8 Å². The van der Waals surface area contributed by atoms with Crippen LogP contribution in [0.3, 0.4) is 0 Å². The van der Waals surface area contributed by atoms with Crippen molar-refractivity contribution in [2.75, 3.05) is 39.9 Å². The van der Waals surface area contributed by atoms with Crippen molar-refractivity contribution in [1.82, 2.24) is 10.2 Å². The van der Waals surface area contributed by atoms with E-state index < -0.39 is 5.54 Å². The number of rotatable bonds is 2. The molecular formula is C14H18N2O4. The minimum Gasteiger partial charge on any atom is -0.508 e. The summed E-state index contributed by atoms with van der Waals surface area (Å²) in [5.41, 5.74) is -0.135. The predicted molar refractivity (Wildman–Crippen MR) is 71.7 cm³/mol. The Morgan fingerprint density at radius 3 is 2.90 bits per heavy atom. The quantitative estimate of drug-likeness (QED) is 0.745. The molecule has 2 aliphatic heterocycles. The fraction of sp³-hybridized carbons (Fsp3) is 0.500. The van der Waals surface area contributed by atoms with E-state index >= 15 is 0 Å². The second kappa shape index (κ2) is 4.96. The molecule has 0 radical (unpaired) electrons. The molecule has 3 rings (SSSR count). The number of benzene rings is 1. The van der Waals surface area contributed by atoms with Crippen molar-refractivity contribution in [2.24, 2.45) is 0 Å². The second-order valence-corrected chi connectivity index (χ2v) is 5.06. The Balaban J connectivity index is 2.07. The molecule has 6 nitrogen and oxygen atoms in total. The number of aromatic hydroxyl groups is 1. The van der Waals surface area contributed by atoms with E-state index in [2.05, 4.69) is 10.2 Å². The third kappa shape index (κ3) is 1.83. The molecule has 0 bridgehead atoms. The van der Waals surface area contributed by atoms with Crippen LogP contribution in [0, 0.1) is 0 Å². The maximum Gasteiger partial charge on any atom is 0.334 e. The monoisotopic (exact) mass is 278 g/mol. The Kier molecular flexibility index (Phi) is 3.27. The minimum absolute atomic E-state index is 0.129. The van der Waals surface area contributed by atoms with Crippen LogP contribution in [-0.4, -0.2) is 55.9 Å². The van der Waals surface area contributed by atoms with Gasteiger partial charge in [-0.2, -0.15) is 0 Å². The molecule has 0 saturated carbocycles. The highest BCUT2D eigenvalue weighted by Crippen LogP contribution is 2.43. The summed E-state index contributed by atoms with van der Waals surface area (Å²) in [5, 5.41) is 12.8. The van der Waals surface area contributed by atoms with Gasteiger partial charge >= 0.3 is 5.97 Å². The van der Waals surface area contributed by atoms with Gasteiger partial charge in [0.15, 0.2) is 5.54 Å². The average Bonchev–Trinajstić information content (AvgIpc) is 2.87. The molecule has 20 heavy (non-hydrogen) atoms. The zero-order valence-electron chi connectivity index (χ0n) is 11.4. The lowest BCUT2D eigenvalue weighted by molar-refractivity contribution is -0.157. The summed E-state index contributed by atoms with van der Waals surface area (Å²) in [5.74, 6) is 0.363. The third-order valence-electron chi connectivity index (χ3n) is 4.03. The van der Waals surface area contributed by atoms with Crippen LogP contribution in [0.2, 0.25) is 0 Å². The van der Waals surface area contributed by atoms with E-state index in [0.29, 0.717) is 5.75 Å². The van der Waals surface area contributed by atoms with Crippen molar-refractivity contribution in [2.45, 2.75) is 5.54 Å². The summed E-state index contributed by atoms with van der Waals surface area (Å²) in [6.07, 6.45) is 0. The van der Waals surface area contributed by atoms with E-state index in [4.69, 9.17) is 9.47 Å². The first-order valence-electron chi connectivity index (χ1n) is 6.69. The molecule has 1 aromatic carbocycles. The lowest BCUT2D eigenvalue weighted by Crippen LogP contribution is -2.59. The standard InChI is InChI=1S/C14H18N2O4/c1-19-13(18)14(16-6-4-15-5-7-16)9-20-12-8-10(17)2-3-11(12)14/h2-3,8,15,17H,4-7,9H2,1H3. The largest absolute Gasteiger partial charge is 0.508 e. The Labute approximate surface area is 117 Å². The van der Waals surface area contributed by atoms with Crippen molar-refractivity contribution >= 4 is 5.97 Å². The normalized spacial score (nSPS) is 25.9. The van der Waals surface area contributed by atoms with Gasteiger partial charge in [-0.3, -0.25) is 4.90 Å². The zero-order chi connectivity index (χ0) is 14.2. The number of nitrogens with zero attached hydrogens (tertiary/aromatic N) is 1. The number of hydrogen-bond donors (Lipinski definition) is 2. The molecule has 108 valence electrons. The highest BCUT2D eigenvalue weighted by molar-refractivity contribution is 5.85. The van der Waals surface area contributed by atoms with Gasteiger partial charge in [-0.1, -0.05) is 0 Å². The number of methoxy groups -OCH3 is 1. The van der Waals surface area contributed by atoms with E-state index in [1.165, 1.54) is 7.11 Å². The molecule has 0 spiro atoms. The van der Waals surface area contributed by atoms with Crippen molar-refractivity contribution < 1.29 is 19.4 Å². The summed E-state index contributed by atoms with van der Waals surface area (Å²) in [6.45, 7) is 3.37. The first kappa shape index (κ1) is 13.2. The molecule has 1 aromatic rings. The summed E-state index contributed by atoms with van der Waals surface area (Å²) < 4.78 is 10.7. The maximum atomic E-state index is 12.5. The molecule has 2 N–H and O–H groups in total. The number of esters is 1. The zero-order valence-corrected chi connectivity index (χ0v) is 11.4. The van der Waals surface area contributed by atoms with E-state index in [-0.39, 0.29) is 18.3 Å². The van der Waals surface area contributed by atoms with Gasteiger partial charge in [0.05, 0.1) is 7.11 Å². The van der Waals surface area contributed by atoms with Crippen molar-refractivity contribution in [1.29, 1.82) is 0 Å². The van der Waals surface area contributed by atoms with Crippen LogP contribution in [0.15, 0.2) is 18.2 Å². The number of nitrogens with one attached hydrogen (secondary N) is 1. The molecule has 1 saturated heterocycles. The molecule has 1 unspecified atom stereocenters. The number of piperazine rings is 1. The Hall–Kier alpha value is -1.79. The summed E-state index contributed by atoms with van der Waals surface area (Å²) in [6, 6.07) is 4.87. The molecule has 1 fully saturated rings. The molecule has 0 aromatic heterocycles. The molecule has 6 heteroatoms.